The summed E-state index contributed by atoms with van der Waals surface area (Å²) < 4.78 is 2.35. The minimum Gasteiger partial charge on any atom is -0.370 e. The molecule has 2 saturated heterocycles. The second kappa shape index (κ2) is 11.7. The lowest BCUT2D eigenvalue weighted by molar-refractivity contribution is 0.357. The fourth-order valence-electron chi connectivity index (χ4n) is 7.08. The van der Waals surface area contributed by atoms with Gasteiger partial charge in [0, 0.05) is 42.0 Å². The highest BCUT2D eigenvalue weighted by Gasteiger charge is 2.42. The third-order valence-electron chi connectivity index (χ3n) is 8.91. The Balaban J connectivity index is 1.43. The van der Waals surface area contributed by atoms with Gasteiger partial charge in [0.2, 0.25) is 0 Å². The Bertz CT molecular complexity index is 1570. The molecule has 2 aromatic heterocycles. The molecular formula is C35H40ClN5S. The summed E-state index contributed by atoms with van der Waals surface area (Å²) in [4.78, 5) is 9.43. The van der Waals surface area contributed by atoms with Gasteiger partial charge in [-0.15, -0.1) is 0 Å². The number of hydrogen-bond acceptors (Lipinski definition) is 3. The highest BCUT2D eigenvalue weighted by molar-refractivity contribution is 7.80. The fourth-order valence-corrected chi connectivity index (χ4v) is 7.72. The van der Waals surface area contributed by atoms with Gasteiger partial charge in [-0.05, 0) is 110 Å². The average Bonchev–Trinajstić information content (AvgIpc) is 3.47. The summed E-state index contributed by atoms with van der Waals surface area (Å²) in [5.41, 5.74) is 9.15. The van der Waals surface area contributed by atoms with Crippen LogP contribution in [0, 0.1) is 25.7 Å². The number of hydrogen-bond donors (Lipinski definition) is 1. The molecule has 5 nitrogen and oxygen atoms in total. The second-order valence-corrected chi connectivity index (χ2v) is 13.0. The minimum atomic E-state index is -0.114. The molecular weight excluding hydrogens is 558 g/mol. The van der Waals surface area contributed by atoms with Gasteiger partial charge in [0.15, 0.2) is 5.11 Å². The molecule has 4 aromatic rings. The highest BCUT2D eigenvalue weighted by atomic mass is 35.5. The van der Waals surface area contributed by atoms with E-state index in [0.717, 1.165) is 41.6 Å². The van der Waals surface area contributed by atoms with Crippen molar-refractivity contribution in [3.05, 3.63) is 106 Å². The third-order valence-corrected chi connectivity index (χ3v) is 9.53. The first-order chi connectivity index (χ1) is 20.2. The Morgan fingerprint density at radius 2 is 1.67 bits per heavy atom. The van der Waals surface area contributed by atoms with E-state index in [2.05, 4.69) is 109 Å². The topological polar surface area (TPSA) is 36.3 Å². The Kier molecular flexibility index (Phi) is 8.03. The third kappa shape index (κ3) is 5.31. The van der Waals surface area contributed by atoms with E-state index in [9.17, 15) is 0 Å². The van der Waals surface area contributed by atoms with Crippen LogP contribution in [-0.2, 0) is 6.42 Å². The van der Waals surface area contributed by atoms with Crippen LogP contribution in [0.15, 0.2) is 72.9 Å². The van der Waals surface area contributed by atoms with Crippen LogP contribution in [0.2, 0.25) is 5.02 Å². The van der Waals surface area contributed by atoms with Crippen LogP contribution in [0.1, 0.15) is 67.5 Å². The lowest BCUT2D eigenvalue weighted by atomic mass is 9.91. The summed E-state index contributed by atoms with van der Waals surface area (Å²) in [5, 5.41) is 5.06. The summed E-state index contributed by atoms with van der Waals surface area (Å²) >= 11 is 13.1. The van der Waals surface area contributed by atoms with Crippen molar-refractivity contribution in [1.82, 2.24) is 14.9 Å². The number of aryl methyl sites for hydroxylation is 2. The van der Waals surface area contributed by atoms with Crippen LogP contribution in [0.25, 0.3) is 5.69 Å². The Morgan fingerprint density at radius 3 is 2.31 bits per heavy atom. The van der Waals surface area contributed by atoms with Crippen LogP contribution in [-0.4, -0.2) is 27.8 Å². The quantitative estimate of drug-likeness (QED) is 0.226. The molecule has 1 N–H and O–H groups in total. The van der Waals surface area contributed by atoms with Crippen molar-refractivity contribution >= 4 is 40.3 Å². The van der Waals surface area contributed by atoms with Gasteiger partial charge in [0.1, 0.15) is 0 Å². The number of piperidine rings is 1. The lowest BCUT2D eigenvalue weighted by Crippen LogP contribution is -2.38. The summed E-state index contributed by atoms with van der Waals surface area (Å²) in [6, 6.07) is 23.5. The SMILES string of the molecule is CCc1ccc(-n2c(C)cc([C@@H]3[C@H](c4ccccn4)NC(=S)N3c3ccc(N4C[C@H](C)C[C@@H](C)C4)c(Cl)c3)c2C)cc1. The van der Waals surface area contributed by atoms with E-state index >= 15 is 0 Å². The van der Waals surface area contributed by atoms with Crippen molar-refractivity contribution in [3.8, 4) is 5.69 Å². The normalized spacial score (nSPS) is 22.5. The molecule has 42 heavy (non-hydrogen) atoms. The lowest BCUT2D eigenvalue weighted by Gasteiger charge is -2.37. The van der Waals surface area contributed by atoms with Gasteiger partial charge in [0.25, 0.3) is 0 Å². The number of anilines is 2. The second-order valence-electron chi connectivity index (χ2n) is 12.2. The fraction of sp³-hybridized carbons (Fsp3) is 0.371. The van der Waals surface area contributed by atoms with Gasteiger partial charge in [-0.3, -0.25) is 4.98 Å². The standard InChI is InChI=1S/C35H40ClN5S/c1-6-26-10-12-27(13-11-26)40-24(4)18-29(25(40)5)34-33(31-9-7-8-16-37-31)38-35(42)41(34)28-14-15-32(30(36)19-28)39-20-22(2)17-23(3)21-39/h7-16,18-19,22-23,33-34H,6,17,20-21H2,1-5H3,(H,38,42)/t22-,23-,33+,34-/m1/s1. The number of nitrogens with one attached hydrogen (secondary N) is 1. The predicted molar refractivity (Wildman–Crippen MR) is 179 cm³/mol. The molecule has 2 aliphatic heterocycles. The molecule has 2 fully saturated rings. The zero-order chi connectivity index (χ0) is 29.5. The largest absolute Gasteiger partial charge is 0.370 e. The van der Waals surface area contributed by atoms with Crippen LogP contribution in [0.3, 0.4) is 0 Å². The van der Waals surface area contributed by atoms with E-state index < -0.39 is 0 Å². The molecule has 4 atom stereocenters. The van der Waals surface area contributed by atoms with E-state index in [-0.39, 0.29) is 12.1 Å². The Labute approximate surface area is 260 Å². The molecule has 2 aromatic carbocycles. The molecule has 6 rings (SSSR count). The van der Waals surface area contributed by atoms with Crippen LogP contribution in [0.5, 0.6) is 0 Å². The predicted octanol–water partition coefficient (Wildman–Crippen LogP) is 8.36. The van der Waals surface area contributed by atoms with Gasteiger partial charge in [-0.25, -0.2) is 0 Å². The zero-order valence-corrected chi connectivity index (χ0v) is 26.7. The maximum atomic E-state index is 7.05. The number of rotatable bonds is 6. The molecule has 0 aliphatic carbocycles. The van der Waals surface area contributed by atoms with Gasteiger partial charge in [0.05, 0.1) is 28.5 Å². The molecule has 7 heteroatoms. The van der Waals surface area contributed by atoms with Crippen LogP contribution in [0.4, 0.5) is 11.4 Å². The van der Waals surface area contributed by atoms with Crippen molar-refractivity contribution in [2.75, 3.05) is 22.9 Å². The monoisotopic (exact) mass is 597 g/mol. The maximum absolute atomic E-state index is 7.05. The summed E-state index contributed by atoms with van der Waals surface area (Å²) in [5.74, 6) is 1.30. The first-order valence-electron chi connectivity index (χ1n) is 15.1. The average molecular weight is 598 g/mol. The number of benzene rings is 2. The molecule has 2 aliphatic rings. The number of thiocarbonyl (C=S) groups is 1. The van der Waals surface area contributed by atoms with Crippen molar-refractivity contribution in [3.63, 3.8) is 0 Å². The number of halogens is 1. The molecule has 0 unspecified atom stereocenters. The minimum absolute atomic E-state index is 0.0980. The van der Waals surface area contributed by atoms with E-state index in [1.54, 1.807) is 0 Å². The van der Waals surface area contributed by atoms with Crippen molar-refractivity contribution in [2.24, 2.45) is 11.8 Å². The van der Waals surface area contributed by atoms with Crippen LogP contribution < -0.4 is 15.1 Å². The van der Waals surface area contributed by atoms with E-state index in [0.29, 0.717) is 16.9 Å². The number of nitrogens with zero attached hydrogens (tertiary/aromatic N) is 4. The maximum Gasteiger partial charge on any atom is 0.174 e. The number of pyridine rings is 1. The van der Waals surface area contributed by atoms with Crippen LogP contribution >= 0.6 is 23.8 Å². The molecule has 0 spiro atoms. The molecule has 4 heterocycles. The summed E-state index contributed by atoms with van der Waals surface area (Å²) in [6.07, 6.45) is 4.14. The van der Waals surface area contributed by atoms with Gasteiger partial charge < -0.3 is 19.7 Å². The molecule has 0 amide bonds. The van der Waals surface area contributed by atoms with Gasteiger partial charge >= 0.3 is 0 Å². The molecule has 0 saturated carbocycles. The van der Waals surface area contributed by atoms with Crippen molar-refractivity contribution in [2.45, 2.75) is 59.5 Å². The zero-order valence-electron chi connectivity index (χ0n) is 25.1. The van der Waals surface area contributed by atoms with Gasteiger partial charge in [-0.2, -0.15) is 0 Å². The van der Waals surface area contributed by atoms with E-state index in [1.807, 2.05) is 18.3 Å². The Hall–Kier alpha value is -3.35. The first kappa shape index (κ1) is 28.8. The first-order valence-corrected chi connectivity index (χ1v) is 15.9. The number of aromatic nitrogens is 2. The smallest absolute Gasteiger partial charge is 0.174 e. The Morgan fingerprint density at radius 1 is 0.952 bits per heavy atom. The summed E-state index contributed by atoms with van der Waals surface area (Å²) in [7, 11) is 0. The van der Waals surface area contributed by atoms with Gasteiger partial charge in [-0.1, -0.05) is 50.6 Å². The van der Waals surface area contributed by atoms with Crippen molar-refractivity contribution < 1.29 is 0 Å². The van der Waals surface area contributed by atoms with E-state index in [1.165, 1.54) is 34.6 Å². The highest BCUT2D eigenvalue weighted by Crippen LogP contribution is 2.45. The molecule has 0 bridgehead atoms. The van der Waals surface area contributed by atoms with Crippen molar-refractivity contribution in [1.29, 1.82) is 0 Å². The molecule has 218 valence electrons. The summed E-state index contributed by atoms with van der Waals surface area (Å²) in [6.45, 7) is 13.3. The molecule has 0 radical (unpaired) electrons. The van der Waals surface area contributed by atoms with E-state index in [4.69, 9.17) is 28.8 Å².